The van der Waals surface area contributed by atoms with Gasteiger partial charge in [-0.05, 0) is 0 Å². The number of hydrogen-bond acceptors (Lipinski definition) is 5. The van der Waals surface area contributed by atoms with Crippen molar-refractivity contribution in [3.63, 3.8) is 0 Å². The third kappa shape index (κ3) is 5.14. The minimum atomic E-state index is -0.236. The Morgan fingerprint density at radius 2 is 2.13 bits per heavy atom. The van der Waals surface area contributed by atoms with Crippen molar-refractivity contribution < 1.29 is 14.2 Å². The summed E-state index contributed by atoms with van der Waals surface area (Å²) >= 11 is 0. The van der Waals surface area contributed by atoms with Crippen LogP contribution in [0.15, 0.2) is 17.2 Å². The van der Waals surface area contributed by atoms with Crippen LogP contribution in [-0.4, -0.2) is 43.5 Å². The van der Waals surface area contributed by atoms with E-state index in [0.717, 1.165) is 0 Å². The van der Waals surface area contributed by atoms with Crippen molar-refractivity contribution in [2.24, 2.45) is 0 Å². The first-order valence-corrected chi connectivity index (χ1v) is 4.57. The van der Waals surface area contributed by atoms with Crippen molar-refractivity contribution in [1.82, 2.24) is 9.97 Å². The zero-order valence-corrected chi connectivity index (χ0v) is 8.56. The molecule has 0 unspecified atom stereocenters. The minimum absolute atomic E-state index is 0.236. The average molecular weight is 214 g/mol. The van der Waals surface area contributed by atoms with E-state index < -0.39 is 0 Å². The van der Waals surface area contributed by atoms with Crippen molar-refractivity contribution in [2.45, 2.75) is 0 Å². The van der Waals surface area contributed by atoms with E-state index >= 15 is 0 Å². The molecule has 0 bridgehead atoms. The molecule has 1 heterocycles. The van der Waals surface area contributed by atoms with E-state index in [1.807, 2.05) is 0 Å². The molecule has 0 aliphatic heterocycles. The topological polar surface area (TPSA) is 73.4 Å². The predicted octanol–water partition coefficient (Wildman–Crippen LogP) is -0.188. The van der Waals surface area contributed by atoms with Gasteiger partial charge in [0.25, 0.3) is 5.56 Å². The highest BCUT2D eigenvalue weighted by Gasteiger charge is 1.95. The number of methoxy groups -OCH3 is 1. The number of ether oxygens (including phenoxy) is 3. The van der Waals surface area contributed by atoms with E-state index in [1.165, 1.54) is 12.4 Å². The van der Waals surface area contributed by atoms with Crippen LogP contribution in [0.5, 0.6) is 5.88 Å². The maximum atomic E-state index is 10.8. The number of rotatable bonds is 7. The molecule has 6 heteroatoms. The van der Waals surface area contributed by atoms with Crippen LogP contribution in [0.25, 0.3) is 0 Å². The van der Waals surface area contributed by atoms with Crippen molar-refractivity contribution in [1.29, 1.82) is 0 Å². The fourth-order valence-corrected chi connectivity index (χ4v) is 0.879. The van der Waals surface area contributed by atoms with Gasteiger partial charge in [-0.15, -0.1) is 0 Å². The molecule has 1 N–H and O–H groups in total. The molecule has 0 aliphatic rings. The van der Waals surface area contributed by atoms with Gasteiger partial charge >= 0.3 is 0 Å². The Morgan fingerprint density at radius 1 is 1.33 bits per heavy atom. The molecule has 0 radical (unpaired) electrons. The summed E-state index contributed by atoms with van der Waals surface area (Å²) in [5, 5.41) is 0. The van der Waals surface area contributed by atoms with E-state index in [-0.39, 0.29) is 5.56 Å². The molecule has 6 nitrogen and oxygen atoms in total. The van der Waals surface area contributed by atoms with Gasteiger partial charge < -0.3 is 19.2 Å². The van der Waals surface area contributed by atoms with Crippen LogP contribution in [-0.2, 0) is 9.47 Å². The number of hydrogen-bond donors (Lipinski definition) is 1. The summed E-state index contributed by atoms with van der Waals surface area (Å²) in [4.78, 5) is 17.1. The molecule has 84 valence electrons. The fourth-order valence-electron chi connectivity index (χ4n) is 0.879. The highest BCUT2D eigenvalue weighted by Crippen LogP contribution is 1.97. The van der Waals surface area contributed by atoms with Gasteiger partial charge in [0.2, 0.25) is 5.88 Å². The maximum absolute atomic E-state index is 10.8. The van der Waals surface area contributed by atoms with Gasteiger partial charge in [-0.25, -0.2) is 4.98 Å². The second-order valence-corrected chi connectivity index (χ2v) is 2.70. The number of nitrogens with zero attached hydrogens (tertiary/aromatic N) is 1. The molecule has 1 aromatic rings. The lowest BCUT2D eigenvalue weighted by Gasteiger charge is -2.05. The third-order valence-corrected chi connectivity index (χ3v) is 1.56. The Hall–Kier alpha value is -1.40. The summed E-state index contributed by atoms with van der Waals surface area (Å²) < 4.78 is 15.1. The van der Waals surface area contributed by atoms with Crippen molar-refractivity contribution >= 4 is 0 Å². The van der Waals surface area contributed by atoms with Gasteiger partial charge in [-0.1, -0.05) is 0 Å². The van der Waals surface area contributed by atoms with E-state index in [2.05, 4.69) is 9.97 Å². The second kappa shape index (κ2) is 6.97. The summed E-state index contributed by atoms with van der Waals surface area (Å²) in [6.07, 6.45) is 1.30. The Morgan fingerprint density at radius 3 is 2.87 bits per heavy atom. The van der Waals surface area contributed by atoms with E-state index in [1.54, 1.807) is 7.11 Å². The van der Waals surface area contributed by atoms with Crippen molar-refractivity contribution in [3.8, 4) is 5.88 Å². The molecule has 0 atom stereocenters. The summed E-state index contributed by atoms with van der Waals surface area (Å²) in [6, 6.07) is 1.29. The molecular formula is C9H14N2O4. The Kier molecular flexibility index (Phi) is 5.42. The molecule has 0 fully saturated rings. The zero-order valence-electron chi connectivity index (χ0n) is 8.56. The van der Waals surface area contributed by atoms with Crippen molar-refractivity contribution in [2.75, 3.05) is 33.5 Å². The number of nitrogens with one attached hydrogen (secondary N) is 1. The quantitative estimate of drug-likeness (QED) is 0.637. The lowest BCUT2D eigenvalue weighted by Crippen LogP contribution is -2.12. The van der Waals surface area contributed by atoms with Crippen LogP contribution in [0.2, 0.25) is 0 Å². The van der Waals surface area contributed by atoms with Gasteiger partial charge in [0.15, 0.2) is 0 Å². The maximum Gasteiger partial charge on any atom is 0.254 e. The number of aromatic amines is 1. The normalized spacial score (nSPS) is 10.2. The van der Waals surface area contributed by atoms with Crippen LogP contribution in [0.3, 0.4) is 0 Å². The van der Waals surface area contributed by atoms with Crippen molar-refractivity contribution in [3.05, 3.63) is 22.7 Å². The standard InChI is InChI=1S/C9H14N2O4/c1-13-2-3-14-4-5-15-9-6-8(12)10-7-11-9/h6-7H,2-5H2,1H3,(H,10,11,12). The summed E-state index contributed by atoms with van der Waals surface area (Å²) in [5.41, 5.74) is -0.236. The largest absolute Gasteiger partial charge is 0.475 e. The van der Waals surface area contributed by atoms with Gasteiger partial charge in [0.1, 0.15) is 6.61 Å². The van der Waals surface area contributed by atoms with Gasteiger partial charge in [0.05, 0.1) is 32.2 Å². The molecule has 0 amide bonds. The third-order valence-electron chi connectivity index (χ3n) is 1.56. The van der Waals surface area contributed by atoms with Crippen LogP contribution < -0.4 is 10.3 Å². The smallest absolute Gasteiger partial charge is 0.254 e. The van der Waals surface area contributed by atoms with Crippen LogP contribution in [0, 0.1) is 0 Å². The molecule has 0 aromatic carbocycles. The SMILES string of the molecule is COCCOCCOc1cc(=O)[nH]cn1. The van der Waals surface area contributed by atoms with Crippen LogP contribution in [0.4, 0.5) is 0 Å². The summed E-state index contributed by atoms with van der Waals surface area (Å²) in [7, 11) is 1.61. The average Bonchev–Trinajstić information content (AvgIpc) is 2.23. The van der Waals surface area contributed by atoms with Gasteiger partial charge in [0, 0.05) is 7.11 Å². The lowest BCUT2D eigenvalue weighted by atomic mass is 10.6. The molecule has 1 aromatic heterocycles. The molecular weight excluding hydrogens is 200 g/mol. The van der Waals surface area contributed by atoms with E-state index in [9.17, 15) is 4.79 Å². The highest BCUT2D eigenvalue weighted by molar-refractivity contribution is 5.04. The first-order chi connectivity index (χ1) is 7.33. The number of aromatic nitrogens is 2. The van der Waals surface area contributed by atoms with Gasteiger partial charge in [-0.2, -0.15) is 0 Å². The lowest BCUT2D eigenvalue weighted by molar-refractivity contribution is 0.0536. The van der Waals surface area contributed by atoms with Crippen LogP contribution in [0.1, 0.15) is 0 Å². The Bertz CT molecular complexity index is 326. The first kappa shape index (κ1) is 11.7. The fraction of sp³-hybridized carbons (Fsp3) is 0.556. The summed E-state index contributed by atoms with van der Waals surface area (Å²) in [5.74, 6) is 0.300. The predicted molar refractivity (Wildman–Crippen MR) is 53.0 cm³/mol. The minimum Gasteiger partial charge on any atom is -0.475 e. The molecule has 15 heavy (non-hydrogen) atoms. The van der Waals surface area contributed by atoms with Crippen LogP contribution >= 0.6 is 0 Å². The molecule has 1 rings (SSSR count). The Labute approximate surface area is 87.2 Å². The monoisotopic (exact) mass is 214 g/mol. The Balaban J connectivity index is 2.12. The second-order valence-electron chi connectivity index (χ2n) is 2.70. The van der Waals surface area contributed by atoms with Gasteiger partial charge in [-0.3, -0.25) is 4.79 Å². The highest BCUT2D eigenvalue weighted by atomic mass is 16.5. The zero-order chi connectivity index (χ0) is 10.9. The van der Waals surface area contributed by atoms with E-state index in [4.69, 9.17) is 14.2 Å². The molecule has 0 saturated heterocycles. The first-order valence-electron chi connectivity index (χ1n) is 4.57. The summed E-state index contributed by atoms with van der Waals surface area (Å²) in [6.45, 7) is 1.89. The van der Waals surface area contributed by atoms with E-state index in [0.29, 0.717) is 32.3 Å². The molecule has 0 saturated carbocycles. The molecule has 0 spiro atoms. The molecule has 0 aliphatic carbocycles. The number of H-pyrrole nitrogens is 1.